The van der Waals surface area contributed by atoms with E-state index in [0.717, 1.165) is 0 Å². The van der Waals surface area contributed by atoms with Crippen LogP contribution >= 0.6 is 15.6 Å². The van der Waals surface area contributed by atoms with Gasteiger partial charge in [-0.15, -0.1) is 0 Å². The number of hydrogen-bond acceptors (Lipinski definition) is 19. The molecule has 0 aromatic heterocycles. The summed E-state index contributed by atoms with van der Waals surface area (Å²) in [6.45, 7) is 30.9. The molecule has 69 heavy (non-hydrogen) atoms. The van der Waals surface area contributed by atoms with Crippen LogP contribution in [0.3, 0.4) is 0 Å². The highest BCUT2D eigenvalue weighted by Crippen LogP contribution is 2.60. The Balaban J connectivity index is 0. The lowest BCUT2D eigenvalue weighted by Crippen LogP contribution is -2.70. The van der Waals surface area contributed by atoms with Gasteiger partial charge in [0, 0.05) is 88.8 Å². The zero-order valence-corrected chi connectivity index (χ0v) is 51.5. The average Bonchev–Trinajstić information content (AvgIpc) is 3.26. The lowest BCUT2D eigenvalue weighted by Gasteiger charge is -2.45. The van der Waals surface area contributed by atoms with E-state index < -0.39 is 104 Å². The molecule has 19 nitrogen and oxygen atoms in total. The van der Waals surface area contributed by atoms with E-state index in [1.165, 1.54) is 0 Å². The highest BCUT2D eigenvalue weighted by Gasteiger charge is 2.70. The molecule has 0 aromatic carbocycles. The Morgan fingerprint density at radius 1 is 0.507 bits per heavy atom. The molecule has 0 aliphatic carbocycles. The fraction of sp³-hybridized carbons (Fsp3) is 0.907. The van der Waals surface area contributed by atoms with Gasteiger partial charge in [-0.2, -0.15) is 25.3 Å². The maximum atomic E-state index is 9.83. The van der Waals surface area contributed by atoms with Gasteiger partial charge in [0.2, 0.25) is 0 Å². The minimum absolute atomic E-state index is 0.170. The largest absolute Gasteiger partial charge is 0.748 e. The summed E-state index contributed by atoms with van der Waals surface area (Å²) >= 11 is 0. The third-order valence-corrected chi connectivity index (χ3v) is 30.9. The van der Waals surface area contributed by atoms with Crippen LogP contribution in [0.5, 0.6) is 0 Å². The molecule has 0 radical (unpaired) electrons. The van der Waals surface area contributed by atoms with Crippen molar-refractivity contribution in [1.82, 2.24) is 0 Å². The molecule has 0 aliphatic rings. The van der Waals surface area contributed by atoms with Crippen LogP contribution in [0, 0.1) is 45.3 Å². The van der Waals surface area contributed by atoms with E-state index in [0.29, 0.717) is 75.8 Å². The summed E-state index contributed by atoms with van der Waals surface area (Å²) in [7, 11) is -26.4. The first-order valence-corrected chi connectivity index (χ1v) is 37.4. The van der Waals surface area contributed by atoms with E-state index in [9.17, 15) is 21.0 Å². The first kappa shape index (κ1) is 70.2. The molecule has 0 amide bonds. The van der Waals surface area contributed by atoms with Gasteiger partial charge >= 0.3 is 35.9 Å². The number of nitrogens with zero attached hydrogens (tertiary/aromatic N) is 4. The monoisotopic (exact) mass is 1110 g/mol. The van der Waals surface area contributed by atoms with E-state index in [4.69, 9.17) is 64.7 Å². The van der Waals surface area contributed by atoms with Crippen LogP contribution in [-0.4, -0.2) is 129 Å². The maximum Gasteiger partial charge on any atom is 0.708 e. The van der Waals surface area contributed by atoms with Crippen LogP contribution in [0.4, 0.5) is 0 Å². The second-order valence-electron chi connectivity index (χ2n) is 17.2. The summed E-state index contributed by atoms with van der Waals surface area (Å²) in [6.07, 6.45) is 3.63. The van der Waals surface area contributed by atoms with E-state index in [-0.39, 0.29) is 25.7 Å². The van der Waals surface area contributed by atoms with Gasteiger partial charge in [-0.3, -0.25) is 0 Å². The molecule has 0 saturated carbocycles. The van der Waals surface area contributed by atoms with Crippen LogP contribution in [0.1, 0.15) is 168 Å². The third-order valence-electron chi connectivity index (χ3n) is 10.3. The van der Waals surface area contributed by atoms with E-state index >= 15 is 0 Å². The Bertz CT molecular complexity index is 1600. The number of rotatable bonds is 39. The maximum absolute atomic E-state index is 9.83. The van der Waals surface area contributed by atoms with Gasteiger partial charge in [0.25, 0.3) is 0 Å². The van der Waals surface area contributed by atoms with Crippen LogP contribution in [0.25, 0.3) is 0 Å². The predicted molar refractivity (Wildman–Crippen MR) is 276 cm³/mol. The Hall–Kier alpha value is -0.882. The first-order chi connectivity index (χ1) is 32.1. The van der Waals surface area contributed by atoms with Crippen molar-refractivity contribution < 1.29 is 64.7 Å². The summed E-state index contributed by atoms with van der Waals surface area (Å²) in [5.41, 5.74) is 0. The lowest BCUT2D eigenvalue weighted by atomic mass is 10.3. The van der Waals surface area contributed by atoms with Crippen LogP contribution in [0.2, 0.25) is 6.55 Å². The van der Waals surface area contributed by atoms with Crippen molar-refractivity contribution in [1.29, 1.82) is 21.0 Å². The molecule has 0 saturated heterocycles. The van der Waals surface area contributed by atoms with E-state index in [2.05, 4.69) is 24.3 Å². The molecule has 402 valence electrons. The summed E-state index contributed by atoms with van der Waals surface area (Å²) in [6, 6.07) is 8.96. The van der Waals surface area contributed by atoms with Gasteiger partial charge < -0.3 is 52.1 Å². The predicted octanol–water partition coefficient (Wildman–Crippen LogP) is 10.4. The summed E-state index contributed by atoms with van der Waals surface area (Å²) in [5, 5.41) is 39.1. The third kappa shape index (κ3) is 31.5. The normalized spacial score (nSPS) is 18.7. The second-order valence-corrected chi connectivity index (χ2v) is 34.3. The summed E-state index contributed by atoms with van der Waals surface area (Å²) in [5.74, 6) is 0. The average molecular weight is 1110 g/mol. The minimum Gasteiger partial charge on any atom is -0.748 e. The Morgan fingerprint density at radius 3 is 1.03 bits per heavy atom. The van der Waals surface area contributed by atoms with E-state index in [1.54, 1.807) is 6.55 Å². The standard InChI is InChI=1S/C42H85N4O12P2Si4.CH4O3S/c1-17-36(8)47-62(48-37(9)18-2,49-38(10)19-3)56-61(16,57-63(50-39(11)20-4,51-40(12)21-5)54-59(32-24-28-43)33-25-29-44)58-64(52-41(13)22-6,53-42(14)23-7)55-60(15,34-26-30-45)35-27-31-46;1-5(2,3)4/h36-42H,17-27,32-35H2,1-16H3;1H3,(H,2,3,4)/q+1;/p-1. The van der Waals surface area contributed by atoms with Crippen molar-refractivity contribution in [2.24, 2.45) is 0 Å². The number of hydrogen-bond donors (Lipinski definition) is 0. The quantitative estimate of drug-likeness (QED) is 0.0315. The first-order valence-electron chi connectivity index (χ1n) is 24.4. The van der Waals surface area contributed by atoms with Crippen LogP contribution in [-0.2, 0) is 61.9 Å². The highest BCUT2D eigenvalue weighted by molar-refractivity contribution is 7.84. The molecule has 8 atom stereocenters. The SMILES string of the molecule is CCC(C)O[Si](OC(C)CC)(OC(C)CC)O[Si](C)(O[Si](OC(C)CC)(OC(C)CC)OP(CCC#N)CCC#N)O[Si](OC(C)CC)(OC(C)CC)O[P+](C)(CCC#N)CCC#N.CS(=O)(=O)[O-]. The van der Waals surface area contributed by atoms with Gasteiger partial charge in [-0.25, -0.2) is 8.42 Å². The molecule has 0 spiro atoms. The molecule has 8 unspecified atom stereocenters. The zero-order valence-electron chi connectivity index (χ0n) is 44.9. The Kier molecular flexibility index (Phi) is 36.8. The molecule has 0 bridgehead atoms. The minimum atomic E-state index is -4.68. The van der Waals surface area contributed by atoms with Gasteiger partial charge in [0.1, 0.15) is 7.49 Å². The molecule has 26 heteroatoms. The molecule has 0 fully saturated rings. The Labute approximate surface area is 424 Å². The molecule has 0 aromatic rings. The smallest absolute Gasteiger partial charge is 0.708 e. The molecular formula is C43H88N4O15P2SSi4. The molecule has 0 N–H and O–H groups in total. The van der Waals surface area contributed by atoms with Crippen molar-refractivity contribution in [3.05, 3.63) is 0 Å². The molecule has 0 rings (SSSR count). The summed E-state index contributed by atoms with van der Waals surface area (Å²) < 4.78 is 112. The van der Waals surface area contributed by atoms with Crippen molar-refractivity contribution in [2.45, 2.75) is 217 Å². The Morgan fingerprint density at radius 2 is 0.754 bits per heavy atom. The molecule has 0 heterocycles. The van der Waals surface area contributed by atoms with Gasteiger partial charge in [-0.1, -0.05) is 48.5 Å². The van der Waals surface area contributed by atoms with Gasteiger partial charge in [-0.05, 0) is 93.4 Å². The van der Waals surface area contributed by atoms with Crippen molar-refractivity contribution in [3.8, 4) is 24.3 Å². The van der Waals surface area contributed by atoms with Crippen molar-refractivity contribution in [2.75, 3.05) is 37.6 Å². The zero-order chi connectivity index (χ0) is 53.5. The topological polar surface area (TPSA) is 263 Å². The van der Waals surface area contributed by atoms with Gasteiger partial charge in [0.15, 0.2) is 0 Å². The van der Waals surface area contributed by atoms with Crippen molar-refractivity contribution in [3.63, 3.8) is 0 Å². The van der Waals surface area contributed by atoms with Crippen molar-refractivity contribution >= 4 is 61.7 Å². The summed E-state index contributed by atoms with van der Waals surface area (Å²) in [4.78, 5) is 0. The molecule has 0 aliphatic heterocycles. The number of nitriles is 4. The fourth-order valence-electron chi connectivity index (χ4n) is 5.24. The van der Waals surface area contributed by atoms with Crippen LogP contribution < -0.4 is 0 Å². The highest BCUT2D eigenvalue weighted by atomic mass is 32.2. The fourth-order valence-corrected chi connectivity index (χ4v) is 27.4. The molecular weight excluding hydrogens is 1020 g/mol. The lowest BCUT2D eigenvalue weighted by molar-refractivity contribution is -0.0834. The van der Waals surface area contributed by atoms with Gasteiger partial charge in [0.05, 0.1) is 66.2 Å². The van der Waals surface area contributed by atoms with E-state index in [1.807, 2.05) is 104 Å². The second kappa shape index (κ2) is 36.1. The van der Waals surface area contributed by atoms with Crippen LogP contribution in [0.15, 0.2) is 0 Å².